The molecule has 0 aliphatic carbocycles. The summed E-state index contributed by atoms with van der Waals surface area (Å²) in [5, 5.41) is 22.3. The third-order valence-electron chi connectivity index (χ3n) is 3.27. The molecule has 0 amide bonds. The molecule has 23 heavy (non-hydrogen) atoms. The highest BCUT2D eigenvalue weighted by Crippen LogP contribution is 2.32. The largest absolute Gasteiger partial charge is 0.506 e. The molecule has 0 saturated heterocycles. The standard InChI is InChI=1S/C18H11BrN2OS/c19-15-9-5-4-8-13(15)17(22)14(10-20)18-21-16(11-23-18)12-6-2-1-3-7-12/h1-9,11,22H. The lowest BCUT2D eigenvalue weighted by Crippen LogP contribution is -1.91. The molecule has 3 rings (SSSR count). The van der Waals surface area contributed by atoms with E-state index in [0.29, 0.717) is 10.6 Å². The van der Waals surface area contributed by atoms with Gasteiger partial charge in [0, 0.05) is 21.0 Å². The molecule has 0 radical (unpaired) electrons. The molecule has 0 aliphatic rings. The number of thiazole rings is 1. The molecule has 1 aromatic heterocycles. The second-order valence-corrected chi connectivity index (χ2v) is 6.43. The van der Waals surface area contributed by atoms with Crippen molar-refractivity contribution in [2.75, 3.05) is 0 Å². The first-order chi connectivity index (χ1) is 11.2. The third kappa shape index (κ3) is 3.19. The molecule has 0 spiro atoms. The Kier molecular flexibility index (Phi) is 4.56. The van der Waals surface area contributed by atoms with Gasteiger partial charge in [-0.3, -0.25) is 0 Å². The topological polar surface area (TPSA) is 56.9 Å². The fraction of sp³-hybridized carbons (Fsp3) is 0. The number of aliphatic hydroxyl groups is 1. The maximum absolute atomic E-state index is 10.5. The number of aromatic nitrogens is 1. The van der Waals surface area contributed by atoms with E-state index in [9.17, 15) is 10.4 Å². The van der Waals surface area contributed by atoms with E-state index in [0.717, 1.165) is 15.7 Å². The van der Waals surface area contributed by atoms with Crippen LogP contribution in [0, 0.1) is 11.3 Å². The van der Waals surface area contributed by atoms with E-state index in [1.807, 2.05) is 53.9 Å². The maximum Gasteiger partial charge on any atom is 0.144 e. The summed E-state index contributed by atoms with van der Waals surface area (Å²) in [6.07, 6.45) is 0. The predicted octanol–water partition coefficient (Wildman–Crippen LogP) is 5.52. The molecule has 0 bridgehead atoms. The van der Waals surface area contributed by atoms with Crippen LogP contribution in [0.25, 0.3) is 22.6 Å². The van der Waals surface area contributed by atoms with Crippen molar-refractivity contribution in [2.45, 2.75) is 0 Å². The minimum atomic E-state index is -0.0751. The smallest absolute Gasteiger partial charge is 0.144 e. The number of nitrogens with zero attached hydrogens (tertiary/aromatic N) is 2. The number of hydrogen-bond donors (Lipinski definition) is 1. The summed E-state index contributed by atoms with van der Waals surface area (Å²) in [4.78, 5) is 4.49. The van der Waals surface area contributed by atoms with Gasteiger partial charge in [-0.1, -0.05) is 64.5 Å². The van der Waals surface area contributed by atoms with Crippen LogP contribution in [-0.4, -0.2) is 10.1 Å². The zero-order valence-electron chi connectivity index (χ0n) is 11.9. The Morgan fingerprint density at radius 1 is 1.09 bits per heavy atom. The van der Waals surface area contributed by atoms with Crippen LogP contribution in [0.4, 0.5) is 0 Å². The van der Waals surface area contributed by atoms with Gasteiger partial charge in [-0.2, -0.15) is 5.26 Å². The van der Waals surface area contributed by atoms with Crippen molar-refractivity contribution in [3.8, 4) is 17.3 Å². The summed E-state index contributed by atoms with van der Waals surface area (Å²) in [5.74, 6) is -0.0751. The van der Waals surface area contributed by atoms with Crippen LogP contribution in [0.3, 0.4) is 0 Å². The van der Waals surface area contributed by atoms with Gasteiger partial charge in [0.2, 0.25) is 0 Å². The van der Waals surface area contributed by atoms with E-state index in [2.05, 4.69) is 27.0 Å². The van der Waals surface area contributed by atoms with E-state index in [1.165, 1.54) is 11.3 Å². The van der Waals surface area contributed by atoms with E-state index in [4.69, 9.17) is 0 Å². The normalized spacial score (nSPS) is 11.7. The molecule has 5 heteroatoms. The van der Waals surface area contributed by atoms with Gasteiger partial charge in [-0.15, -0.1) is 11.3 Å². The molecule has 2 aromatic carbocycles. The summed E-state index contributed by atoms with van der Waals surface area (Å²) in [6.45, 7) is 0. The molecule has 1 N–H and O–H groups in total. The van der Waals surface area contributed by atoms with Gasteiger partial charge in [0.05, 0.1) is 5.69 Å². The van der Waals surface area contributed by atoms with E-state index >= 15 is 0 Å². The molecule has 3 nitrogen and oxygen atoms in total. The molecule has 112 valence electrons. The summed E-state index contributed by atoms with van der Waals surface area (Å²) >= 11 is 4.73. The monoisotopic (exact) mass is 382 g/mol. The van der Waals surface area contributed by atoms with Crippen LogP contribution in [0.15, 0.2) is 64.5 Å². The zero-order valence-corrected chi connectivity index (χ0v) is 14.3. The summed E-state index contributed by atoms with van der Waals surface area (Å²) < 4.78 is 0.727. The Bertz CT molecular complexity index is 910. The van der Waals surface area contributed by atoms with E-state index in [-0.39, 0.29) is 11.3 Å². The Morgan fingerprint density at radius 3 is 2.48 bits per heavy atom. The van der Waals surface area contributed by atoms with E-state index in [1.54, 1.807) is 6.07 Å². The maximum atomic E-state index is 10.5. The van der Waals surface area contributed by atoms with Gasteiger partial charge in [0.15, 0.2) is 0 Å². The quantitative estimate of drug-likeness (QED) is 0.478. The number of halogens is 1. The molecule has 0 saturated carbocycles. The zero-order chi connectivity index (χ0) is 16.2. The second-order valence-electron chi connectivity index (χ2n) is 4.72. The molecule has 0 aliphatic heterocycles. The molecular weight excluding hydrogens is 372 g/mol. The number of allylic oxidation sites excluding steroid dienone is 1. The van der Waals surface area contributed by atoms with Crippen LogP contribution in [-0.2, 0) is 0 Å². The second kappa shape index (κ2) is 6.78. The average molecular weight is 383 g/mol. The highest BCUT2D eigenvalue weighted by Gasteiger charge is 2.16. The molecule has 0 fully saturated rings. The Morgan fingerprint density at radius 2 is 1.78 bits per heavy atom. The first kappa shape index (κ1) is 15.5. The Balaban J connectivity index is 2.06. The minimum absolute atomic E-state index is 0.0751. The molecule has 3 aromatic rings. The number of rotatable bonds is 3. The first-order valence-electron chi connectivity index (χ1n) is 6.80. The third-order valence-corrected chi connectivity index (χ3v) is 4.82. The fourth-order valence-corrected chi connectivity index (χ4v) is 3.42. The van der Waals surface area contributed by atoms with Gasteiger partial charge >= 0.3 is 0 Å². The highest BCUT2D eigenvalue weighted by molar-refractivity contribution is 9.10. The Labute approximate surface area is 146 Å². The van der Waals surface area contributed by atoms with Gasteiger partial charge in [-0.25, -0.2) is 4.98 Å². The predicted molar refractivity (Wildman–Crippen MR) is 96.7 cm³/mol. The van der Waals surface area contributed by atoms with Crippen molar-refractivity contribution in [1.29, 1.82) is 5.26 Å². The van der Waals surface area contributed by atoms with Crippen LogP contribution in [0.1, 0.15) is 10.6 Å². The van der Waals surface area contributed by atoms with Crippen molar-refractivity contribution < 1.29 is 5.11 Å². The summed E-state index contributed by atoms with van der Waals surface area (Å²) in [7, 11) is 0. The van der Waals surface area contributed by atoms with Crippen LogP contribution < -0.4 is 0 Å². The van der Waals surface area contributed by atoms with Crippen LogP contribution >= 0.6 is 27.3 Å². The molecule has 0 atom stereocenters. The SMILES string of the molecule is N#CC(=C(O)c1ccccc1Br)c1nc(-c2ccccc2)cs1. The summed E-state index contributed by atoms with van der Waals surface area (Å²) in [5.41, 5.74) is 2.51. The van der Waals surface area contributed by atoms with Crippen molar-refractivity contribution in [3.05, 3.63) is 75.0 Å². The number of nitriles is 1. The summed E-state index contributed by atoms with van der Waals surface area (Å²) in [6, 6.07) is 19.0. The first-order valence-corrected chi connectivity index (χ1v) is 8.47. The van der Waals surface area contributed by atoms with Gasteiger partial charge < -0.3 is 5.11 Å². The lowest BCUT2D eigenvalue weighted by Gasteiger charge is -2.04. The highest BCUT2D eigenvalue weighted by atomic mass is 79.9. The molecule has 1 heterocycles. The van der Waals surface area contributed by atoms with Crippen LogP contribution in [0.5, 0.6) is 0 Å². The number of aliphatic hydroxyl groups excluding tert-OH is 1. The van der Waals surface area contributed by atoms with Crippen molar-refractivity contribution in [2.24, 2.45) is 0 Å². The van der Waals surface area contributed by atoms with Gasteiger partial charge in [0.1, 0.15) is 22.4 Å². The van der Waals surface area contributed by atoms with Crippen LogP contribution in [0.2, 0.25) is 0 Å². The molecule has 0 unspecified atom stereocenters. The minimum Gasteiger partial charge on any atom is -0.506 e. The fourth-order valence-electron chi connectivity index (χ4n) is 2.12. The van der Waals surface area contributed by atoms with E-state index < -0.39 is 0 Å². The average Bonchev–Trinajstić information content (AvgIpc) is 3.06. The van der Waals surface area contributed by atoms with Crippen molar-refractivity contribution in [3.63, 3.8) is 0 Å². The Hall–Kier alpha value is -2.42. The molecular formula is C18H11BrN2OS. The van der Waals surface area contributed by atoms with Gasteiger partial charge in [0.25, 0.3) is 0 Å². The number of hydrogen-bond acceptors (Lipinski definition) is 4. The number of benzene rings is 2. The van der Waals surface area contributed by atoms with Crippen molar-refractivity contribution >= 4 is 38.6 Å². The van der Waals surface area contributed by atoms with Gasteiger partial charge in [-0.05, 0) is 6.07 Å². The van der Waals surface area contributed by atoms with Crippen molar-refractivity contribution in [1.82, 2.24) is 4.98 Å². The lowest BCUT2D eigenvalue weighted by atomic mass is 10.1. The lowest BCUT2D eigenvalue weighted by molar-refractivity contribution is 0.513.